The molecule has 1 saturated heterocycles. The zero-order valence-electron chi connectivity index (χ0n) is 16.8. The molecule has 0 aliphatic carbocycles. The zero-order chi connectivity index (χ0) is 21.7. The summed E-state index contributed by atoms with van der Waals surface area (Å²) in [7, 11) is -0.834. The quantitative estimate of drug-likeness (QED) is 0.704. The molecule has 2 aromatic rings. The Balaban J connectivity index is 1.67. The van der Waals surface area contributed by atoms with Gasteiger partial charge < -0.3 is 14.8 Å². The summed E-state index contributed by atoms with van der Waals surface area (Å²) < 4.78 is 36.8. The number of hydrogen-bond donors (Lipinski definition) is 1. The van der Waals surface area contributed by atoms with Gasteiger partial charge in [-0.25, -0.2) is 13.2 Å². The van der Waals surface area contributed by atoms with Crippen LogP contribution in [0.2, 0.25) is 0 Å². The van der Waals surface area contributed by atoms with Crippen LogP contribution in [0, 0.1) is 5.92 Å². The molecular weight excluding hydrogens is 408 g/mol. The van der Waals surface area contributed by atoms with Crippen molar-refractivity contribution in [2.45, 2.75) is 17.7 Å². The lowest BCUT2D eigenvalue weighted by atomic mass is 9.97. The molecule has 1 aliphatic heterocycles. The topological polar surface area (TPSA) is 102 Å². The maximum Gasteiger partial charge on any atom is 0.340 e. The van der Waals surface area contributed by atoms with E-state index in [-0.39, 0.29) is 35.4 Å². The summed E-state index contributed by atoms with van der Waals surface area (Å²) >= 11 is 0. The molecule has 0 spiro atoms. The van der Waals surface area contributed by atoms with Gasteiger partial charge in [-0.15, -0.1) is 0 Å². The monoisotopic (exact) mass is 432 g/mol. The van der Waals surface area contributed by atoms with Gasteiger partial charge in [-0.2, -0.15) is 4.31 Å². The van der Waals surface area contributed by atoms with E-state index in [1.807, 2.05) is 0 Å². The van der Waals surface area contributed by atoms with E-state index in [1.165, 1.54) is 24.6 Å². The highest BCUT2D eigenvalue weighted by atomic mass is 32.2. The number of hydrogen-bond acceptors (Lipinski definition) is 6. The van der Waals surface area contributed by atoms with Crippen LogP contribution in [0.15, 0.2) is 53.4 Å². The number of methoxy groups -OCH3 is 2. The van der Waals surface area contributed by atoms with Gasteiger partial charge >= 0.3 is 5.97 Å². The normalized spacial score (nSPS) is 15.4. The molecular formula is C21H24N2O6S. The first-order valence-electron chi connectivity index (χ1n) is 9.49. The van der Waals surface area contributed by atoms with Crippen LogP contribution in [0.1, 0.15) is 23.2 Å². The van der Waals surface area contributed by atoms with Crippen molar-refractivity contribution in [3.63, 3.8) is 0 Å². The molecule has 0 radical (unpaired) electrons. The molecule has 2 aromatic carbocycles. The first-order valence-corrected chi connectivity index (χ1v) is 10.9. The molecule has 1 amide bonds. The Morgan fingerprint density at radius 2 is 1.70 bits per heavy atom. The van der Waals surface area contributed by atoms with Crippen molar-refractivity contribution in [3.8, 4) is 5.75 Å². The molecule has 0 saturated carbocycles. The minimum Gasteiger partial charge on any atom is -0.497 e. The molecule has 8 nitrogen and oxygen atoms in total. The van der Waals surface area contributed by atoms with E-state index in [1.54, 1.807) is 42.5 Å². The van der Waals surface area contributed by atoms with Crippen LogP contribution in [0.5, 0.6) is 5.75 Å². The van der Waals surface area contributed by atoms with Gasteiger partial charge in [0.15, 0.2) is 0 Å². The molecule has 9 heteroatoms. The molecule has 3 rings (SSSR count). The SMILES string of the molecule is COC(=O)c1cc(OC)ccc1NC(=O)C1CCN(S(=O)(=O)c2ccccc2)CC1. The number of carbonyl (C=O) groups excluding carboxylic acids is 2. The first kappa shape index (κ1) is 21.8. The second kappa shape index (κ2) is 9.27. The Labute approximate surface area is 175 Å². The number of ether oxygens (including phenoxy) is 2. The van der Waals surface area contributed by atoms with E-state index in [2.05, 4.69) is 5.32 Å². The number of carbonyl (C=O) groups is 2. The van der Waals surface area contributed by atoms with Gasteiger partial charge in [0.05, 0.1) is 30.4 Å². The fourth-order valence-corrected chi connectivity index (χ4v) is 4.86. The molecule has 1 aliphatic rings. The summed E-state index contributed by atoms with van der Waals surface area (Å²) in [4.78, 5) is 25.0. The van der Waals surface area contributed by atoms with Crippen molar-refractivity contribution in [1.29, 1.82) is 0 Å². The zero-order valence-corrected chi connectivity index (χ0v) is 17.6. The van der Waals surface area contributed by atoms with Crippen LogP contribution in [0.4, 0.5) is 5.69 Å². The summed E-state index contributed by atoms with van der Waals surface area (Å²) in [6.07, 6.45) is 0.781. The molecule has 0 aromatic heterocycles. The van der Waals surface area contributed by atoms with Crippen molar-refractivity contribution in [1.82, 2.24) is 4.31 Å². The lowest BCUT2D eigenvalue weighted by Crippen LogP contribution is -2.41. The summed E-state index contributed by atoms with van der Waals surface area (Å²) in [6, 6.07) is 13.0. The number of amides is 1. The van der Waals surface area contributed by atoms with Gasteiger partial charge in [0.1, 0.15) is 5.75 Å². The van der Waals surface area contributed by atoms with E-state index in [9.17, 15) is 18.0 Å². The van der Waals surface area contributed by atoms with Gasteiger partial charge in [0.25, 0.3) is 0 Å². The molecule has 160 valence electrons. The second-order valence-electron chi connectivity index (χ2n) is 6.88. The second-order valence-corrected chi connectivity index (χ2v) is 8.82. The lowest BCUT2D eigenvalue weighted by Gasteiger charge is -2.30. The maximum atomic E-state index is 12.7. The first-order chi connectivity index (χ1) is 14.4. The molecule has 1 N–H and O–H groups in total. The number of rotatable bonds is 6. The number of benzene rings is 2. The fraction of sp³-hybridized carbons (Fsp3) is 0.333. The number of piperidine rings is 1. The Hall–Kier alpha value is -2.91. The fourth-order valence-electron chi connectivity index (χ4n) is 3.37. The average Bonchev–Trinajstić information content (AvgIpc) is 2.79. The number of nitrogens with zero attached hydrogens (tertiary/aromatic N) is 1. The summed E-state index contributed by atoms with van der Waals surface area (Å²) in [5.74, 6) is -0.747. The highest BCUT2D eigenvalue weighted by molar-refractivity contribution is 7.89. The minimum atomic E-state index is -3.57. The average molecular weight is 432 g/mol. The number of sulfonamides is 1. The highest BCUT2D eigenvalue weighted by Gasteiger charge is 2.32. The van der Waals surface area contributed by atoms with Crippen LogP contribution < -0.4 is 10.1 Å². The molecule has 1 heterocycles. The largest absolute Gasteiger partial charge is 0.497 e. The van der Waals surface area contributed by atoms with Crippen molar-refractivity contribution in [2.75, 3.05) is 32.6 Å². The molecule has 1 fully saturated rings. The lowest BCUT2D eigenvalue weighted by molar-refractivity contribution is -0.120. The summed E-state index contributed by atoms with van der Waals surface area (Å²) in [6.45, 7) is 0.504. The van der Waals surface area contributed by atoms with Gasteiger partial charge in [-0.3, -0.25) is 4.79 Å². The number of anilines is 1. The maximum absolute atomic E-state index is 12.7. The third-order valence-electron chi connectivity index (χ3n) is 5.10. The van der Waals surface area contributed by atoms with E-state index >= 15 is 0 Å². The Kier molecular flexibility index (Phi) is 6.73. The smallest absolute Gasteiger partial charge is 0.340 e. The van der Waals surface area contributed by atoms with E-state index in [0.717, 1.165) is 0 Å². The molecule has 0 bridgehead atoms. The van der Waals surface area contributed by atoms with Crippen molar-refractivity contribution in [3.05, 3.63) is 54.1 Å². The predicted octanol–water partition coefficient (Wildman–Crippen LogP) is 2.52. The predicted molar refractivity (Wildman–Crippen MR) is 111 cm³/mol. The van der Waals surface area contributed by atoms with Crippen LogP contribution >= 0.6 is 0 Å². The minimum absolute atomic E-state index is 0.189. The Morgan fingerprint density at radius 1 is 1.03 bits per heavy atom. The Bertz CT molecular complexity index is 1020. The molecule has 0 atom stereocenters. The van der Waals surface area contributed by atoms with Gasteiger partial charge in [-0.05, 0) is 43.2 Å². The summed E-state index contributed by atoms with van der Waals surface area (Å²) in [5.41, 5.74) is 0.515. The standard InChI is InChI=1S/C21H24N2O6S/c1-28-16-8-9-19(18(14-16)21(25)29-2)22-20(24)15-10-12-23(13-11-15)30(26,27)17-6-4-3-5-7-17/h3-9,14-15H,10-13H2,1-2H3,(H,22,24). The van der Waals surface area contributed by atoms with E-state index in [4.69, 9.17) is 9.47 Å². The summed E-state index contributed by atoms with van der Waals surface area (Å²) in [5, 5.41) is 2.77. The van der Waals surface area contributed by atoms with Crippen LogP contribution in [-0.4, -0.2) is 51.9 Å². The Morgan fingerprint density at radius 3 is 2.30 bits per heavy atom. The van der Waals surface area contributed by atoms with Crippen LogP contribution in [0.3, 0.4) is 0 Å². The highest BCUT2D eigenvalue weighted by Crippen LogP contribution is 2.27. The van der Waals surface area contributed by atoms with Crippen molar-refractivity contribution in [2.24, 2.45) is 5.92 Å². The van der Waals surface area contributed by atoms with Gasteiger partial charge in [-0.1, -0.05) is 18.2 Å². The van der Waals surface area contributed by atoms with Crippen LogP contribution in [0.25, 0.3) is 0 Å². The number of nitrogens with one attached hydrogen (secondary N) is 1. The van der Waals surface area contributed by atoms with E-state index < -0.39 is 16.0 Å². The third kappa shape index (κ3) is 4.63. The van der Waals surface area contributed by atoms with Crippen molar-refractivity contribution >= 4 is 27.6 Å². The van der Waals surface area contributed by atoms with Crippen LogP contribution in [-0.2, 0) is 19.6 Å². The number of esters is 1. The molecule has 30 heavy (non-hydrogen) atoms. The third-order valence-corrected chi connectivity index (χ3v) is 7.01. The van der Waals surface area contributed by atoms with E-state index in [0.29, 0.717) is 24.3 Å². The van der Waals surface area contributed by atoms with Crippen molar-refractivity contribution < 1.29 is 27.5 Å². The van der Waals surface area contributed by atoms with Gasteiger partial charge in [0, 0.05) is 19.0 Å². The molecule has 0 unspecified atom stereocenters. The van der Waals surface area contributed by atoms with Gasteiger partial charge in [0.2, 0.25) is 15.9 Å².